The molecule has 3 aromatic rings. The standard InChI is InChI=1S/C21H20ClFN4O3/c22-16-3-1-15(2-4-16)21-24-19(30-25-21)13-26-9-11-27(12-10-26)20(28)14-29-18-7-5-17(23)6-8-18/h1-8H,9-14H2. The van der Waals surface area contributed by atoms with Gasteiger partial charge < -0.3 is 14.2 Å². The highest BCUT2D eigenvalue weighted by atomic mass is 35.5. The van der Waals surface area contributed by atoms with E-state index in [1.165, 1.54) is 24.3 Å². The van der Waals surface area contributed by atoms with Crippen LogP contribution in [0.2, 0.25) is 5.02 Å². The molecule has 0 unspecified atom stereocenters. The van der Waals surface area contributed by atoms with Gasteiger partial charge in [-0.1, -0.05) is 16.8 Å². The fourth-order valence-electron chi connectivity index (χ4n) is 3.15. The van der Waals surface area contributed by atoms with E-state index in [2.05, 4.69) is 15.0 Å². The first-order valence-corrected chi connectivity index (χ1v) is 9.91. The van der Waals surface area contributed by atoms with Crippen molar-refractivity contribution in [2.24, 2.45) is 0 Å². The monoisotopic (exact) mass is 430 g/mol. The summed E-state index contributed by atoms with van der Waals surface area (Å²) < 4.78 is 23.7. The summed E-state index contributed by atoms with van der Waals surface area (Å²) in [5.74, 6) is 1.08. The Bertz CT molecular complexity index is 986. The van der Waals surface area contributed by atoms with Crippen molar-refractivity contribution in [1.82, 2.24) is 19.9 Å². The second-order valence-electron chi connectivity index (χ2n) is 6.92. The topological polar surface area (TPSA) is 71.7 Å². The quantitative estimate of drug-likeness (QED) is 0.597. The Labute approximate surface area is 178 Å². The van der Waals surface area contributed by atoms with E-state index in [0.29, 0.717) is 55.2 Å². The number of ether oxygens (including phenoxy) is 1. The zero-order chi connectivity index (χ0) is 20.9. The van der Waals surface area contributed by atoms with Crippen molar-refractivity contribution in [1.29, 1.82) is 0 Å². The van der Waals surface area contributed by atoms with Crippen molar-refractivity contribution in [2.45, 2.75) is 6.54 Å². The average molecular weight is 431 g/mol. The van der Waals surface area contributed by atoms with Gasteiger partial charge in [0.25, 0.3) is 5.91 Å². The van der Waals surface area contributed by atoms with Gasteiger partial charge in [-0.05, 0) is 48.5 Å². The molecule has 7 nitrogen and oxygen atoms in total. The van der Waals surface area contributed by atoms with Crippen LogP contribution in [-0.2, 0) is 11.3 Å². The molecule has 0 saturated carbocycles. The molecule has 156 valence electrons. The van der Waals surface area contributed by atoms with E-state index in [1.54, 1.807) is 17.0 Å². The lowest BCUT2D eigenvalue weighted by Crippen LogP contribution is -2.49. The largest absolute Gasteiger partial charge is 0.484 e. The summed E-state index contributed by atoms with van der Waals surface area (Å²) in [7, 11) is 0. The number of nitrogens with zero attached hydrogens (tertiary/aromatic N) is 4. The van der Waals surface area contributed by atoms with Gasteiger partial charge in [-0.25, -0.2) is 4.39 Å². The summed E-state index contributed by atoms with van der Waals surface area (Å²) in [5, 5.41) is 4.67. The molecule has 4 rings (SSSR count). The van der Waals surface area contributed by atoms with Crippen molar-refractivity contribution >= 4 is 17.5 Å². The van der Waals surface area contributed by atoms with Crippen LogP contribution in [0.15, 0.2) is 53.1 Å². The van der Waals surface area contributed by atoms with Gasteiger partial charge in [0.2, 0.25) is 11.7 Å². The summed E-state index contributed by atoms with van der Waals surface area (Å²) in [6, 6.07) is 12.9. The van der Waals surface area contributed by atoms with Gasteiger partial charge in [0.15, 0.2) is 6.61 Å². The van der Waals surface area contributed by atoms with Gasteiger partial charge in [0.1, 0.15) is 11.6 Å². The number of benzene rings is 2. The third-order valence-electron chi connectivity index (χ3n) is 4.83. The molecule has 0 radical (unpaired) electrons. The molecule has 1 aliphatic rings. The van der Waals surface area contributed by atoms with E-state index in [4.69, 9.17) is 20.9 Å². The van der Waals surface area contributed by atoms with Gasteiger partial charge in [0, 0.05) is 36.8 Å². The molecule has 0 aliphatic carbocycles. The van der Waals surface area contributed by atoms with Crippen LogP contribution in [0.3, 0.4) is 0 Å². The smallest absolute Gasteiger partial charge is 0.260 e. The molecule has 30 heavy (non-hydrogen) atoms. The van der Waals surface area contributed by atoms with Crippen LogP contribution >= 0.6 is 11.6 Å². The Morgan fingerprint density at radius 2 is 1.77 bits per heavy atom. The first kappa shape index (κ1) is 20.3. The zero-order valence-corrected chi connectivity index (χ0v) is 16.9. The predicted molar refractivity (Wildman–Crippen MR) is 108 cm³/mol. The average Bonchev–Trinajstić information content (AvgIpc) is 3.22. The molecule has 1 amide bonds. The molecular weight excluding hydrogens is 411 g/mol. The summed E-state index contributed by atoms with van der Waals surface area (Å²) in [6.07, 6.45) is 0. The first-order chi connectivity index (χ1) is 14.6. The van der Waals surface area contributed by atoms with Crippen LogP contribution < -0.4 is 4.74 Å². The highest BCUT2D eigenvalue weighted by Gasteiger charge is 2.23. The van der Waals surface area contributed by atoms with Crippen LogP contribution in [0, 0.1) is 5.82 Å². The van der Waals surface area contributed by atoms with E-state index in [-0.39, 0.29) is 18.3 Å². The van der Waals surface area contributed by atoms with E-state index < -0.39 is 0 Å². The summed E-state index contributed by atoms with van der Waals surface area (Å²) >= 11 is 5.90. The zero-order valence-electron chi connectivity index (χ0n) is 16.1. The summed E-state index contributed by atoms with van der Waals surface area (Å²) in [6.45, 7) is 3.02. The van der Waals surface area contributed by atoms with Crippen LogP contribution in [0.25, 0.3) is 11.4 Å². The minimum atomic E-state index is -0.341. The van der Waals surface area contributed by atoms with Crippen molar-refractivity contribution in [3.63, 3.8) is 0 Å². The van der Waals surface area contributed by atoms with Crippen molar-refractivity contribution in [2.75, 3.05) is 32.8 Å². The van der Waals surface area contributed by atoms with E-state index in [1.807, 2.05) is 12.1 Å². The van der Waals surface area contributed by atoms with E-state index in [0.717, 1.165) is 5.56 Å². The maximum absolute atomic E-state index is 12.9. The minimum absolute atomic E-state index is 0.0697. The fraction of sp³-hybridized carbons (Fsp3) is 0.286. The Balaban J connectivity index is 1.24. The molecular formula is C21H20ClFN4O3. The normalized spacial score (nSPS) is 14.7. The van der Waals surface area contributed by atoms with Crippen LogP contribution in [-0.4, -0.2) is 58.6 Å². The van der Waals surface area contributed by atoms with E-state index >= 15 is 0 Å². The van der Waals surface area contributed by atoms with Crippen molar-refractivity contribution in [3.8, 4) is 17.1 Å². The van der Waals surface area contributed by atoms with Crippen LogP contribution in [0.4, 0.5) is 4.39 Å². The van der Waals surface area contributed by atoms with Gasteiger partial charge in [0.05, 0.1) is 6.54 Å². The maximum atomic E-state index is 12.9. The number of carbonyl (C=O) groups excluding carboxylic acids is 1. The van der Waals surface area contributed by atoms with Gasteiger partial charge in [-0.3, -0.25) is 9.69 Å². The molecule has 0 N–H and O–H groups in total. The number of aromatic nitrogens is 2. The van der Waals surface area contributed by atoms with Crippen LogP contribution in [0.1, 0.15) is 5.89 Å². The summed E-state index contributed by atoms with van der Waals surface area (Å²) in [5.41, 5.74) is 0.839. The lowest BCUT2D eigenvalue weighted by molar-refractivity contribution is -0.135. The van der Waals surface area contributed by atoms with E-state index in [9.17, 15) is 9.18 Å². The number of halogens is 2. The number of hydrogen-bond donors (Lipinski definition) is 0. The first-order valence-electron chi connectivity index (χ1n) is 9.54. The Morgan fingerprint density at radius 3 is 2.47 bits per heavy atom. The number of piperazine rings is 1. The van der Waals surface area contributed by atoms with Gasteiger partial charge in [-0.15, -0.1) is 0 Å². The molecule has 2 aromatic carbocycles. The van der Waals surface area contributed by atoms with Gasteiger partial charge in [-0.2, -0.15) is 4.98 Å². The second-order valence-corrected chi connectivity index (χ2v) is 7.35. The van der Waals surface area contributed by atoms with Gasteiger partial charge >= 0.3 is 0 Å². The molecule has 1 aromatic heterocycles. The number of hydrogen-bond acceptors (Lipinski definition) is 6. The molecule has 1 saturated heterocycles. The lowest BCUT2D eigenvalue weighted by atomic mass is 10.2. The van der Waals surface area contributed by atoms with Crippen molar-refractivity contribution in [3.05, 3.63) is 65.3 Å². The van der Waals surface area contributed by atoms with Crippen LogP contribution in [0.5, 0.6) is 5.75 Å². The number of rotatable bonds is 6. The number of amides is 1. The molecule has 0 bridgehead atoms. The highest BCUT2D eigenvalue weighted by molar-refractivity contribution is 6.30. The Kier molecular flexibility index (Phi) is 6.25. The number of carbonyl (C=O) groups is 1. The van der Waals surface area contributed by atoms with Crippen molar-refractivity contribution < 1.29 is 18.4 Å². The maximum Gasteiger partial charge on any atom is 0.260 e. The molecule has 0 atom stereocenters. The molecule has 2 heterocycles. The molecule has 1 aliphatic heterocycles. The molecule has 0 spiro atoms. The molecule has 9 heteroatoms. The summed E-state index contributed by atoms with van der Waals surface area (Å²) in [4.78, 5) is 20.7. The highest BCUT2D eigenvalue weighted by Crippen LogP contribution is 2.19. The lowest BCUT2D eigenvalue weighted by Gasteiger charge is -2.33. The Morgan fingerprint density at radius 1 is 1.07 bits per heavy atom. The Hall–Kier alpha value is -2.97. The SMILES string of the molecule is O=C(COc1ccc(F)cc1)N1CCN(Cc2nc(-c3ccc(Cl)cc3)no2)CC1. The predicted octanol–water partition coefficient (Wildman–Crippen LogP) is 3.25. The fourth-order valence-corrected chi connectivity index (χ4v) is 3.28. The third-order valence-corrected chi connectivity index (χ3v) is 5.08. The second kappa shape index (κ2) is 9.23. The molecule has 1 fully saturated rings. The minimum Gasteiger partial charge on any atom is -0.484 e. The third kappa shape index (κ3) is 5.14.